The van der Waals surface area contributed by atoms with Crippen LogP contribution in [0.15, 0.2) is 60.9 Å². The number of nitrogens with zero attached hydrogens (tertiary/aromatic N) is 4. The van der Waals surface area contributed by atoms with Gasteiger partial charge in [0, 0.05) is 17.3 Å². The molecule has 0 unspecified atom stereocenters. The lowest BCUT2D eigenvalue weighted by atomic mass is 9.85. The lowest BCUT2D eigenvalue weighted by molar-refractivity contribution is 0.356. The highest BCUT2D eigenvalue weighted by molar-refractivity contribution is 5.93. The molecule has 6 nitrogen and oxygen atoms in total. The second-order valence-corrected chi connectivity index (χ2v) is 8.65. The zero-order valence-electron chi connectivity index (χ0n) is 18.4. The van der Waals surface area contributed by atoms with Crippen LogP contribution in [0.2, 0.25) is 0 Å². The summed E-state index contributed by atoms with van der Waals surface area (Å²) in [7, 11) is 0. The lowest BCUT2D eigenvalue weighted by Crippen LogP contribution is -2.09. The third-order valence-corrected chi connectivity index (χ3v) is 6.25. The molecule has 0 amide bonds. The number of hydrogen-bond donors (Lipinski definition) is 2. The molecular formula is C26H28N6. The van der Waals surface area contributed by atoms with Crippen LogP contribution in [-0.4, -0.2) is 20.2 Å². The summed E-state index contributed by atoms with van der Waals surface area (Å²) in [6.07, 6.45) is 11.6. The van der Waals surface area contributed by atoms with E-state index in [0.717, 1.165) is 33.8 Å². The summed E-state index contributed by atoms with van der Waals surface area (Å²) in [5.74, 6) is 2.10. The number of benzene rings is 2. The summed E-state index contributed by atoms with van der Waals surface area (Å²) in [6, 6.07) is 16.6. The van der Waals surface area contributed by atoms with E-state index in [4.69, 9.17) is 0 Å². The highest BCUT2D eigenvalue weighted by Crippen LogP contribution is 2.28. The van der Waals surface area contributed by atoms with E-state index in [1.807, 2.05) is 31.2 Å². The molecule has 0 spiro atoms. The van der Waals surface area contributed by atoms with E-state index in [1.165, 1.54) is 44.1 Å². The van der Waals surface area contributed by atoms with Gasteiger partial charge in [-0.05, 0) is 48.6 Å². The number of fused-ring (bicyclic) bond motifs is 1. The van der Waals surface area contributed by atoms with Gasteiger partial charge in [-0.15, -0.1) is 0 Å². The monoisotopic (exact) mass is 424 g/mol. The summed E-state index contributed by atoms with van der Waals surface area (Å²) in [4.78, 5) is 9.01. The van der Waals surface area contributed by atoms with Crippen molar-refractivity contribution in [2.75, 3.05) is 10.6 Å². The maximum Gasteiger partial charge on any atom is 0.229 e. The van der Waals surface area contributed by atoms with Crippen LogP contribution in [0.1, 0.15) is 43.2 Å². The maximum absolute atomic E-state index is 4.63. The van der Waals surface area contributed by atoms with Crippen molar-refractivity contribution in [3.05, 3.63) is 72.1 Å². The van der Waals surface area contributed by atoms with Gasteiger partial charge in [-0.1, -0.05) is 62.4 Å². The number of nitrogens with one attached hydrogen (secondary N) is 2. The van der Waals surface area contributed by atoms with Crippen molar-refractivity contribution in [3.8, 4) is 0 Å². The minimum atomic E-state index is 0.553. The first-order valence-corrected chi connectivity index (χ1v) is 11.4. The second-order valence-electron chi connectivity index (χ2n) is 8.65. The molecule has 1 saturated carbocycles. The maximum atomic E-state index is 4.63. The standard InChI is InChI=1S/C26H28N6/c1-18-6-5-9-22-23(17-28-32-25(18)22)30-24-14-15-27-26(31-24)29-21-12-10-20(11-13-21)16-19-7-3-2-4-8-19/h5-6,9-15,17,19H,2-4,7-8,16H2,1H3,(H2,27,29,30,31,32). The average molecular weight is 425 g/mol. The summed E-state index contributed by atoms with van der Waals surface area (Å²) >= 11 is 0. The van der Waals surface area contributed by atoms with Gasteiger partial charge in [0.05, 0.1) is 17.4 Å². The van der Waals surface area contributed by atoms with Gasteiger partial charge in [0.2, 0.25) is 5.95 Å². The van der Waals surface area contributed by atoms with Gasteiger partial charge in [-0.3, -0.25) is 0 Å². The van der Waals surface area contributed by atoms with Gasteiger partial charge in [-0.2, -0.15) is 15.2 Å². The van der Waals surface area contributed by atoms with E-state index in [-0.39, 0.29) is 0 Å². The third-order valence-electron chi connectivity index (χ3n) is 6.25. The Balaban J connectivity index is 1.28. The van der Waals surface area contributed by atoms with Crippen LogP contribution in [0.25, 0.3) is 10.9 Å². The molecule has 0 aliphatic heterocycles. The fourth-order valence-corrected chi connectivity index (χ4v) is 4.53. The molecule has 1 aliphatic rings. The lowest BCUT2D eigenvalue weighted by Gasteiger charge is -2.21. The average Bonchev–Trinajstić information content (AvgIpc) is 2.82. The number of anilines is 4. The molecule has 32 heavy (non-hydrogen) atoms. The van der Waals surface area contributed by atoms with E-state index in [2.05, 4.69) is 55.1 Å². The van der Waals surface area contributed by atoms with Crippen molar-refractivity contribution < 1.29 is 0 Å². The van der Waals surface area contributed by atoms with Gasteiger partial charge in [-0.25, -0.2) is 4.98 Å². The minimum Gasteiger partial charge on any atom is -0.338 e. The van der Waals surface area contributed by atoms with E-state index < -0.39 is 0 Å². The van der Waals surface area contributed by atoms with Crippen molar-refractivity contribution in [1.29, 1.82) is 0 Å². The zero-order chi connectivity index (χ0) is 21.8. The fraction of sp³-hybridized carbons (Fsp3) is 0.308. The molecule has 1 aliphatic carbocycles. The van der Waals surface area contributed by atoms with Crippen molar-refractivity contribution in [2.24, 2.45) is 5.92 Å². The highest BCUT2D eigenvalue weighted by Gasteiger charge is 2.14. The quantitative estimate of drug-likeness (QED) is 0.376. The molecule has 5 rings (SSSR count). The minimum absolute atomic E-state index is 0.553. The molecule has 4 aromatic rings. The third kappa shape index (κ3) is 4.69. The molecular weight excluding hydrogens is 396 g/mol. The molecule has 2 aromatic heterocycles. The van der Waals surface area contributed by atoms with Crippen LogP contribution in [-0.2, 0) is 6.42 Å². The van der Waals surface area contributed by atoms with Gasteiger partial charge >= 0.3 is 0 Å². The van der Waals surface area contributed by atoms with Crippen LogP contribution in [0.3, 0.4) is 0 Å². The molecule has 0 saturated heterocycles. The Hall–Kier alpha value is -3.54. The van der Waals surface area contributed by atoms with Crippen molar-refractivity contribution in [1.82, 2.24) is 20.2 Å². The first-order valence-electron chi connectivity index (χ1n) is 11.4. The predicted molar refractivity (Wildman–Crippen MR) is 130 cm³/mol. The summed E-state index contributed by atoms with van der Waals surface area (Å²) < 4.78 is 0. The Morgan fingerprint density at radius 1 is 0.938 bits per heavy atom. The summed E-state index contributed by atoms with van der Waals surface area (Å²) in [5.41, 5.74) is 5.25. The van der Waals surface area contributed by atoms with Gasteiger partial charge < -0.3 is 10.6 Å². The number of aromatic nitrogens is 4. The van der Waals surface area contributed by atoms with Crippen LogP contribution in [0.4, 0.5) is 23.1 Å². The largest absolute Gasteiger partial charge is 0.338 e. The highest BCUT2D eigenvalue weighted by atomic mass is 15.2. The first-order chi connectivity index (χ1) is 15.7. The Labute approximate surface area is 188 Å². The second kappa shape index (κ2) is 9.30. The van der Waals surface area contributed by atoms with Crippen molar-refractivity contribution >= 4 is 34.0 Å². The Morgan fingerprint density at radius 2 is 1.78 bits per heavy atom. The normalized spacial score (nSPS) is 14.4. The molecule has 2 aromatic carbocycles. The van der Waals surface area contributed by atoms with Gasteiger partial charge in [0.25, 0.3) is 0 Å². The van der Waals surface area contributed by atoms with E-state index in [1.54, 1.807) is 12.4 Å². The van der Waals surface area contributed by atoms with Crippen LogP contribution >= 0.6 is 0 Å². The van der Waals surface area contributed by atoms with Crippen molar-refractivity contribution in [3.63, 3.8) is 0 Å². The number of rotatable bonds is 6. The number of aryl methyl sites for hydroxylation is 1. The zero-order valence-corrected chi connectivity index (χ0v) is 18.4. The van der Waals surface area contributed by atoms with Crippen LogP contribution < -0.4 is 10.6 Å². The van der Waals surface area contributed by atoms with Gasteiger partial charge in [0.15, 0.2) is 0 Å². The van der Waals surface area contributed by atoms with Crippen LogP contribution in [0, 0.1) is 12.8 Å². The topological polar surface area (TPSA) is 75.6 Å². The van der Waals surface area contributed by atoms with Gasteiger partial charge in [0.1, 0.15) is 5.82 Å². The summed E-state index contributed by atoms with van der Waals surface area (Å²) in [6.45, 7) is 2.04. The number of hydrogen-bond acceptors (Lipinski definition) is 6. The molecule has 162 valence electrons. The SMILES string of the molecule is Cc1cccc2c(Nc3ccnc(Nc4ccc(CC5CCCCC5)cc4)n3)cnnc12. The Morgan fingerprint density at radius 3 is 2.62 bits per heavy atom. The molecule has 0 bridgehead atoms. The smallest absolute Gasteiger partial charge is 0.229 e. The molecule has 2 heterocycles. The molecule has 1 fully saturated rings. The Kier molecular flexibility index (Phi) is 5.92. The predicted octanol–water partition coefficient (Wildman–Crippen LogP) is 6.34. The van der Waals surface area contributed by atoms with Crippen molar-refractivity contribution in [2.45, 2.75) is 45.4 Å². The molecule has 2 N–H and O–H groups in total. The molecule has 6 heteroatoms. The fourth-order valence-electron chi connectivity index (χ4n) is 4.53. The van der Waals surface area contributed by atoms with E-state index in [9.17, 15) is 0 Å². The molecule has 0 atom stereocenters. The summed E-state index contributed by atoms with van der Waals surface area (Å²) in [5, 5.41) is 16.1. The van der Waals surface area contributed by atoms with E-state index in [0.29, 0.717) is 11.8 Å². The van der Waals surface area contributed by atoms with E-state index >= 15 is 0 Å². The van der Waals surface area contributed by atoms with Crippen LogP contribution in [0.5, 0.6) is 0 Å². The first kappa shape index (κ1) is 20.4. The molecule has 0 radical (unpaired) electrons. The Bertz CT molecular complexity index is 1200.